The van der Waals surface area contributed by atoms with Crippen LogP contribution in [0, 0.1) is 13.8 Å². The van der Waals surface area contributed by atoms with Crippen LogP contribution in [-0.2, 0) is 0 Å². The van der Waals surface area contributed by atoms with Crippen LogP contribution in [0.5, 0.6) is 0 Å². The molecule has 0 N–H and O–H groups in total. The topological polar surface area (TPSA) is 48.5 Å². The highest BCUT2D eigenvalue weighted by molar-refractivity contribution is 5.39. The minimum absolute atomic E-state index is 0.925. The molecule has 0 aliphatic carbocycles. The average molecular weight is 239 g/mol. The van der Waals surface area contributed by atoms with Gasteiger partial charge in [-0.15, -0.1) is 0 Å². The van der Waals surface area contributed by atoms with Crippen molar-refractivity contribution in [2.24, 2.45) is 0 Å². The van der Waals surface area contributed by atoms with Crippen molar-refractivity contribution in [2.45, 2.75) is 13.8 Å². The molecule has 0 radical (unpaired) electrons. The van der Waals surface area contributed by atoms with Crippen molar-refractivity contribution < 1.29 is 0 Å². The van der Waals surface area contributed by atoms with Gasteiger partial charge in [-0.1, -0.05) is 0 Å². The van der Waals surface area contributed by atoms with Gasteiger partial charge in [0.25, 0.3) is 0 Å². The molecule has 0 aliphatic heterocycles. The number of nitrogens with zero attached hydrogens (tertiary/aromatic N) is 5. The molecule has 3 rings (SSSR count). The van der Waals surface area contributed by atoms with E-state index in [1.165, 1.54) is 0 Å². The minimum Gasteiger partial charge on any atom is -0.260 e. The molecule has 5 nitrogen and oxygen atoms in total. The Labute approximate surface area is 105 Å². The van der Waals surface area contributed by atoms with Crippen LogP contribution in [-0.4, -0.2) is 24.5 Å². The first-order chi connectivity index (χ1) is 8.72. The van der Waals surface area contributed by atoms with E-state index >= 15 is 0 Å². The van der Waals surface area contributed by atoms with Crippen molar-refractivity contribution in [1.29, 1.82) is 0 Å². The summed E-state index contributed by atoms with van der Waals surface area (Å²) in [5.41, 5.74) is 3.81. The number of pyridine rings is 1. The van der Waals surface area contributed by atoms with Crippen LogP contribution in [0.1, 0.15) is 11.4 Å². The van der Waals surface area contributed by atoms with Gasteiger partial charge in [-0.25, -0.2) is 9.36 Å². The Hall–Kier alpha value is -2.43. The lowest BCUT2D eigenvalue weighted by molar-refractivity contribution is 0.831. The van der Waals surface area contributed by atoms with E-state index in [-0.39, 0.29) is 0 Å². The summed E-state index contributed by atoms with van der Waals surface area (Å²) in [6, 6.07) is 5.93. The number of hydrogen-bond acceptors (Lipinski definition) is 3. The zero-order chi connectivity index (χ0) is 12.5. The molecule has 0 atom stereocenters. The average Bonchev–Trinajstić information content (AvgIpc) is 2.98. The number of rotatable bonds is 2. The van der Waals surface area contributed by atoms with Gasteiger partial charge >= 0.3 is 0 Å². The largest absolute Gasteiger partial charge is 0.260 e. The van der Waals surface area contributed by atoms with Gasteiger partial charge in [0.05, 0.1) is 35.2 Å². The summed E-state index contributed by atoms with van der Waals surface area (Å²) in [4.78, 5) is 4.23. The van der Waals surface area contributed by atoms with Gasteiger partial charge in [-0.05, 0) is 32.0 Å². The van der Waals surface area contributed by atoms with Crippen molar-refractivity contribution in [3.05, 3.63) is 54.4 Å². The first-order valence-electron chi connectivity index (χ1n) is 5.73. The zero-order valence-corrected chi connectivity index (χ0v) is 10.3. The van der Waals surface area contributed by atoms with Crippen LogP contribution in [0.3, 0.4) is 0 Å². The highest BCUT2D eigenvalue weighted by atomic mass is 15.3. The van der Waals surface area contributed by atoms with Crippen molar-refractivity contribution in [3.8, 4) is 11.4 Å². The molecule has 3 aromatic rings. The van der Waals surface area contributed by atoms with Crippen molar-refractivity contribution >= 4 is 0 Å². The first kappa shape index (κ1) is 10.7. The third-order valence-corrected chi connectivity index (χ3v) is 2.68. The molecular formula is C13H13N5. The fraction of sp³-hybridized carbons (Fsp3) is 0.154. The summed E-state index contributed by atoms with van der Waals surface area (Å²) in [6.45, 7) is 3.93. The minimum atomic E-state index is 0.925. The molecule has 0 aliphatic rings. The predicted molar refractivity (Wildman–Crippen MR) is 68.0 cm³/mol. The third-order valence-electron chi connectivity index (χ3n) is 2.68. The van der Waals surface area contributed by atoms with E-state index in [1.54, 1.807) is 12.4 Å². The molecular weight excluding hydrogens is 226 g/mol. The van der Waals surface area contributed by atoms with E-state index < -0.39 is 0 Å². The second-order valence-corrected chi connectivity index (χ2v) is 4.20. The molecule has 0 aromatic carbocycles. The fourth-order valence-corrected chi connectivity index (χ4v) is 1.78. The smallest absolute Gasteiger partial charge is 0.0850 e. The summed E-state index contributed by atoms with van der Waals surface area (Å²) in [7, 11) is 0. The maximum atomic E-state index is 4.37. The summed E-state index contributed by atoms with van der Waals surface area (Å²) >= 11 is 0. The number of hydrogen-bond donors (Lipinski definition) is 0. The fourth-order valence-electron chi connectivity index (χ4n) is 1.78. The summed E-state index contributed by atoms with van der Waals surface area (Å²) in [5.74, 6) is 0. The molecule has 0 bridgehead atoms. The molecule has 0 saturated carbocycles. The SMILES string of the molecule is Cc1ccn(-c2cncc(-n3ccc(C)n3)c2)n1. The highest BCUT2D eigenvalue weighted by Crippen LogP contribution is 2.12. The van der Waals surface area contributed by atoms with Gasteiger partial charge in [0.15, 0.2) is 0 Å². The molecule has 0 fully saturated rings. The Morgan fingerprint density at radius 2 is 1.33 bits per heavy atom. The van der Waals surface area contributed by atoms with Crippen molar-refractivity contribution in [3.63, 3.8) is 0 Å². The quantitative estimate of drug-likeness (QED) is 0.687. The molecule has 3 heterocycles. The van der Waals surface area contributed by atoms with E-state index in [1.807, 2.05) is 53.8 Å². The Bertz CT molecular complexity index is 625. The lowest BCUT2D eigenvalue weighted by Crippen LogP contribution is -2.00. The van der Waals surface area contributed by atoms with E-state index in [2.05, 4.69) is 15.2 Å². The van der Waals surface area contributed by atoms with Crippen molar-refractivity contribution in [2.75, 3.05) is 0 Å². The Balaban J connectivity index is 2.04. The van der Waals surface area contributed by atoms with Crippen LogP contribution in [0.25, 0.3) is 11.4 Å². The molecule has 0 unspecified atom stereocenters. The summed E-state index contributed by atoms with van der Waals surface area (Å²) in [5, 5.41) is 8.74. The second kappa shape index (κ2) is 4.10. The van der Waals surface area contributed by atoms with Gasteiger partial charge in [0.1, 0.15) is 0 Å². The predicted octanol–water partition coefficient (Wildman–Crippen LogP) is 2.07. The maximum Gasteiger partial charge on any atom is 0.0850 e. The standard InChI is InChI=1S/C13H13N5/c1-10-3-5-17(15-10)12-7-13(9-14-8-12)18-6-4-11(2)16-18/h3-9H,1-2H3. The van der Waals surface area contributed by atoms with Gasteiger partial charge in [0.2, 0.25) is 0 Å². The van der Waals surface area contributed by atoms with Gasteiger partial charge in [-0.2, -0.15) is 10.2 Å². The van der Waals surface area contributed by atoms with E-state index in [0.29, 0.717) is 0 Å². The van der Waals surface area contributed by atoms with E-state index in [0.717, 1.165) is 22.8 Å². The molecule has 0 amide bonds. The number of aromatic nitrogens is 5. The van der Waals surface area contributed by atoms with E-state index in [9.17, 15) is 0 Å². The summed E-state index contributed by atoms with van der Waals surface area (Å²) in [6.07, 6.45) is 7.41. The normalized spacial score (nSPS) is 10.8. The van der Waals surface area contributed by atoms with Gasteiger partial charge in [-0.3, -0.25) is 4.98 Å². The maximum absolute atomic E-state index is 4.37. The van der Waals surface area contributed by atoms with Crippen LogP contribution in [0.2, 0.25) is 0 Å². The molecule has 0 spiro atoms. The Morgan fingerprint density at radius 3 is 1.72 bits per heavy atom. The zero-order valence-electron chi connectivity index (χ0n) is 10.3. The van der Waals surface area contributed by atoms with Gasteiger partial charge < -0.3 is 0 Å². The summed E-state index contributed by atoms with van der Waals surface area (Å²) < 4.78 is 3.62. The van der Waals surface area contributed by atoms with Crippen LogP contribution in [0.15, 0.2) is 43.0 Å². The molecule has 5 heteroatoms. The monoisotopic (exact) mass is 239 g/mol. The molecule has 3 aromatic heterocycles. The van der Waals surface area contributed by atoms with Crippen LogP contribution < -0.4 is 0 Å². The Morgan fingerprint density at radius 1 is 0.833 bits per heavy atom. The van der Waals surface area contributed by atoms with E-state index in [4.69, 9.17) is 0 Å². The van der Waals surface area contributed by atoms with Crippen molar-refractivity contribution in [1.82, 2.24) is 24.5 Å². The van der Waals surface area contributed by atoms with Crippen LogP contribution >= 0.6 is 0 Å². The third kappa shape index (κ3) is 1.90. The second-order valence-electron chi connectivity index (χ2n) is 4.20. The molecule has 0 saturated heterocycles. The molecule has 18 heavy (non-hydrogen) atoms. The number of aryl methyl sites for hydroxylation is 2. The lowest BCUT2D eigenvalue weighted by atomic mass is 10.4. The van der Waals surface area contributed by atoms with Crippen LogP contribution in [0.4, 0.5) is 0 Å². The van der Waals surface area contributed by atoms with Gasteiger partial charge in [0, 0.05) is 12.4 Å². The Kier molecular flexibility index (Phi) is 2.44. The lowest BCUT2D eigenvalue weighted by Gasteiger charge is -2.04. The first-order valence-corrected chi connectivity index (χ1v) is 5.73. The highest BCUT2D eigenvalue weighted by Gasteiger charge is 2.03. The molecule has 90 valence electrons.